The lowest BCUT2D eigenvalue weighted by Crippen LogP contribution is -2.49. The van der Waals surface area contributed by atoms with Gasteiger partial charge in [0.1, 0.15) is 5.25 Å². The highest BCUT2D eigenvalue weighted by Gasteiger charge is 2.56. The van der Waals surface area contributed by atoms with E-state index in [0.29, 0.717) is 12.2 Å². The van der Waals surface area contributed by atoms with Gasteiger partial charge in [-0.15, -0.1) is 10.2 Å². The predicted molar refractivity (Wildman–Crippen MR) is 80.6 cm³/mol. The summed E-state index contributed by atoms with van der Waals surface area (Å²) in [6.45, 7) is 1.99. The largest absolute Gasteiger partial charge is 0.426 e. The summed E-state index contributed by atoms with van der Waals surface area (Å²) in [5.41, 5.74) is -0.548. The van der Waals surface area contributed by atoms with Crippen LogP contribution in [0.15, 0.2) is 51.4 Å². The molecule has 9 heteroatoms. The molecule has 2 heterocycles. The van der Waals surface area contributed by atoms with Crippen molar-refractivity contribution in [3.8, 4) is 0 Å². The number of sulfonamides is 1. The second-order valence-electron chi connectivity index (χ2n) is 5.27. The summed E-state index contributed by atoms with van der Waals surface area (Å²) in [6.07, 6.45) is 9.00. The van der Waals surface area contributed by atoms with Crippen molar-refractivity contribution in [3.05, 3.63) is 54.1 Å². The van der Waals surface area contributed by atoms with Gasteiger partial charge in [0, 0.05) is 6.07 Å². The molecule has 0 aromatic carbocycles. The molecular formula is C14H16N4O4S. The van der Waals surface area contributed by atoms with Crippen LogP contribution in [-0.4, -0.2) is 29.0 Å². The smallest absolute Gasteiger partial charge is 0.235 e. The predicted octanol–water partition coefficient (Wildman–Crippen LogP) is 1.30. The first kappa shape index (κ1) is 15.6. The molecule has 0 radical (unpaired) electrons. The van der Waals surface area contributed by atoms with Gasteiger partial charge in [-0.1, -0.05) is 36.7 Å². The molecule has 0 spiro atoms. The molecule has 2 aromatic heterocycles. The molecule has 2 aromatic rings. The molecule has 1 aliphatic carbocycles. The molecule has 2 unspecified atom stereocenters. The Hall–Kier alpha value is -2.26. The summed E-state index contributed by atoms with van der Waals surface area (Å²) in [5.74, 6) is 0.405. The Bertz CT molecular complexity index is 788. The van der Waals surface area contributed by atoms with E-state index in [4.69, 9.17) is 14.1 Å². The van der Waals surface area contributed by atoms with Crippen LogP contribution in [0.5, 0.6) is 0 Å². The van der Waals surface area contributed by atoms with E-state index in [1.54, 1.807) is 12.1 Å². The number of aromatic nitrogens is 3. The standard InChI is InChI=1S/C14H16N4O4S/c1-2-4-10-5-3-6-12(23(15,19)20)14(10,11-7-8-17-22-11)13-18-16-9-21-13/h3,5-9,12H,2,4H2,1H3,(H2,15,19,20). The fraction of sp³-hybridized carbons (Fsp3) is 0.357. The van der Waals surface area contributed by atoms with Gasteiger partial charge < -0.3 is 8.94 Å². The van der Waals surface area contributed by atoms with Crippen LogP contribution in [0.1, 0.15) is 31.4 Å². The number of nitrogens with zero attached hydrogens (tertiary/aromatic N) is 3. The second kappa shape index (κ2) is 5.74. The first-order valence-corrected chi connectivity index (χ1v) is 8.69. The van der Waals surface area contributed by atoms with Gasteiger partial charge in [-0.3, -0.25) is 0 Å². The lowest BCUT2D eigenvalue weighted by molar-refractivity contribution is 0.298. The van der Waals surface area contributed by atoms with E-state index in [0.717, 1.165) is 18.4 Å². The lowest BCUT2D eigenvalue weighted by Gasteiger charge is -2.37. The highest BCUT2D eigenvalue weighted by atomic mass is 32.2. The van der Waals surface area contributed by atoms with Gasteiger partial charge in [0.2, 0.25) is 22.3 Å². The monoisotopic (exact) mass is 336 g/mol. The second-order valence-corrected chi connectivity index (χ2v) is 6.95. The summed E-state index contributed by atoms with van der Waals surface area (Å²) in [5, 5.41) is 15.7. The van der Waals surface area contributed by atoms with Crippen molar-refractivity contribution in [2.75, 3.05) is 0 Å². The minimum Gasteiger partial charge on any atom is -0.426 e. The van der Waals surface area contributed by atoms with Gasteiger partial charge in [-0.05, 0) is 12.0 Å². The maximum Gasteiger partial charge on any atom is 0.235 e. The molecule has 8 nitrogen and oxygen atoms in total. The zero-order valence-corrected chi connectivity index (χ0v) is 13.2. The summed E-state index contributed by atoms with van der Waals surface area (Å²) >= 11 is 0. The van der Waals surface area contributed by atoms with Crippen LogP contribution in [0.2, 0.25) is 0 Å². The Morgan fingerprint density at radius 3 is 2.83 bits per heavy atom. The van der Waals surface area contributed by atoms with Crippen LogP contribution in [0.3, 0.4) is 0 Å². The third-order valence-corrected chi connectivity index (χ3v) is 5.13. The Balaban J connectivity index is 2.35. The van der Waals surface area contributed by atoms with Gasteiger partial charge in [0.25, 0.3) is 0 Å². The molecule has 2 atom stereocenters. The molecular weight excluding hydrogens is 320 g/mol. The van der Waals surface area contributed by atoms with Crippen LogP contribution >= 0.6 is 0 Å². The number of allylic oxidation sites excluding steroid dienone is 3. The average molecular weight is 336 g/mol. The molecule has 1 aliphatic rings. The fourth-order valence-corrected chi connectivity index (χ4v) is 4.23. The highest BCUT2D eigenvalue weighted by Crippen LogP contribution is 2.47. The molecule has 2 N–H and O–H groups in total. The summed E-state index contributed by atoms with van der Waals surface area (Å²) in [7, 11) is -3.98. The number of hydrogen-bond donors (Lipinski definition) is 1. The number of primary sulfonamides is 1. The molecule has 0 saturated carbocycles. The Morgan fingerprint density at radius 2 is 2.26 bits per heavy atom. The van der Waals surface area contributed by atoms with E-state index in [9.17, 15) is 8.42 Å². The van der Waals surface area contributed by atoms with Gasteiger partial charge in [0.15, 0.2) is 11.2 Å². The van der Waals surface area contributed by atoms with Crippen molar-refractivity contribution in [1.29, 1.82) is 0 Å². The van der Waals surface area contributed by atoms with Gasteiger partial charge >= 0.3 is 0 Å². The minimum absolute atomic E-state index is 0.109. The van der Waals surface area contributed by atoms with Crippen molar-refractivity contribution in [2.24, 2.45) is 5.14 Å². The van der Waals surface area contributed by atoms with E-state index in [2.05, 4.69) is 15.4 Å². The van der Waals surface area contributed by atoms with Crippen molar-refractivity contribution in [2.45, 2.75) is 30.4 Å². The maximum atomic E-state index is 12.3. The van der Waals surface area contributed by atoms with Crippen molar-refractivity contribution >= 4 is 10.0 Å². The Labute approximate surface area is 133 Å². The van der Waals surface area contributed by atoms with E-state index < -0.39 is 20.7 Å². The number of hydrogen-bond acceptors (Lipinski definition) is 7. The summed E-state index contributed by atoms with van der Waals surface area (Å²) in [6, 6.07) is 1.59. The van der Waals surface area contributed by atoms with Gasteiger partial charge in [0.05, 0.1) is 6.20 Å². The topological polar surface area (TPSA) is 125 Å². The highest BCUT2D eigenvalue weighted by molar-refractivity contribution is 7.90. The lowest BCUT2D eigenvalue weighted by atomic mass is 9.70. The van der Waals surface area contributed by atoms with Crippen LogP contribution in [-0.2, 0) is 15.4 Å². The van der Waals surface area contributed by atoms with E-state index in [1.807, 2.05) is 13.0 Å². The van der Waals surface area contributed by atoms with E-state index >= 15 is 0 Å². The van der Waals surface area contributed by atoms with Crippen LogP contribution in [0.4, 0.5) is 0 Å². The molecule has 0 saturated heterocycles. The first-order valence-electron chi connectivity index (χ1n) is 7.08. The molecule has 122 valence electrons. The SMILES string of the molecule is CCCC1=CC=CC(S(N)(=O)=O)C1(c1ccno1)c1nnco1. The zero-order valence-electron chi connectivity index (χ0n) is 12.4. The summed E-state index contributed by atoms with van der Waals surface area (Å²) in [4.78, 5) is 0. The van der Waals surface area contributed by atoms with Crippen molar-refractivity contribution < 1.29 is 17.4 Å². The van der Waals surface area contributed by atoms with E-state index in [-0.39, 0.29) is 5.89 Å². The van der Waals surface area contributed by atoms with Crippen molar-refractivity contribution in [3.63, 3.8) is 0 Å². The molecule has 0 fully saturated rings. The van der Waals surface area contributed by atoms with Crippen LogP contribution < -0.4 is 5.14 Å². The van der Waals surface area contributed by atoms with Crippen molar-refractivity contribution in [1.82, 2.24) is 15.4 Å². The first-order chi connectivity index (χ1) is 11.0. The molecule has 0 bridgehead atoms. The van der Waals surface area contributed by atoms with E-state index in [1.165, 1.54) is 12.3 Å². The Morgan fingerprint density at radius 1 is 1.43 bits per heavy atom. The summed E-state index contributed by atoms with van der Waals surface area (Å²) < 4.78 is 35.3. The third-order valence-electron chi connectivity index (χ3n) is 3.91. The third kappa shape index (κ3) is 2.41. The minimum atomic E-state index is -3.98. The quantitative estimate of drug-likeness (QED) is 0.872. The number of nitrogens with two attached hydrogens (primary N) is 1. The fourth-order valence-electron chi connectivity index (χ4n) is 3.06. The molecule has 23 heavy (non-hydrogen) atoms. The normalized spacial score (nSPS) is 24.6. The Kier molecular flexibility index (Phi) is 3.90. The zero-order chi connectivity index (χ0) is 16.5. The maximum absolute atomic E-state index is 12.3. The molecule has 3 rings (SSSR count). The van der Waals surface area contributed by atoms with Gasteiger partial charge in [-0.2, -0.15) is 0 Å². The molecule has 0 amide bonds. The van der Waals surface area contributed by atoms with Crippen LogP contribution in [0.25, 0.3) is 0 Å². The average Bonchev–Trinajstić information content (AvgIpc) is 3.20. The molecule has 0 aliphatic heterocycles. The number of rotatable bonds is 5. The van der Waals surface area contributed by atoms with Gasteiger partial charge in [-0.25, -0.2) is 13.6 Å². The van der Waals surface area contributed by atoms with Crippen LogP contribution in [0, 0.1) is 0 Å².